The quantitative estimate of drug-likeness (QED) is 0.583. The Bertz CT molecular complexity index is 1310. The maximum atomic E-state index is 14.1. The van der Waals surface area contributed by atoms with Gasteiger partial charge in [-0.25, -0.2) is 17.2 Å². The number of halogens is 3. The van der Waals surface area contributed by atoms with Crippen molar-refractivity contribution < 1.29 is 26.8 Å². The highest BCUT2D eigenvalue weighted by Crippen LogP contribution is 2.28. The van der Waals surface area contributed by atoms with Crippen molar-refractivity contribution in [2.45, 2.75) is 11.4 Å². The molecule has 2 aromatic carbocycles. The summed E-state index contributed by atoms with van der Waals surface area (Å²) in [7, 11) is -4.48. The minimum atomic E-state index is -4.48. The molecule has 2 heterocycles. The topological polar surface area (TPSA) is 96.4 Å². The van der Waals surface area contributed by atoms with Gasteiger partial charge in [0, 0.05) is 11.2 Å². The van der Waals surface area contributed by atoms with Crippen molar-refractivity contribution in [3.05, 3.63) is 88.2 Å². The Kier molecular flexibility index (Phi) is 5.19. The molecule has 31 heavy (non-hydrogen) atoms. The molecule has 1 aromatic heterocycles. The third-order valence-electron chi connectivity index (χ3n) is 4.55. The molecule has 0 saturated heterocycles. The highest BCUT2D eigenvalue weighted by atomic mass is 35.5. The van der Waals surface area contributed by atoms with E-state index in [0.717, 1.165) is 35.2 Å². The van der Waals surface area contributed by atoms with Crippen molar-refractivity contribution in [3.8, 4) is 0 Å². The molecule has 0 atom stereocenters. The van der Waals surface area contributed by atoms with Crippen LogP contribution in [0.3, 0.4) is 0 Å². The SMILES string of the molecule is O=C1c2cccnc2C(=O)N1Cc1ccc(F)cc1S(=O)(=O)Nc1ccc(Cl)cc1F. The van der Waals surface area contributed by atoms with E-state index in [0.29, 0.717) is 0 Å². The van der Waals surface area contributed by atoms with Crippen LogP contribution in [0.25, 0.3) is 0 Å². The number of amides is 2. The van der Waals surface area contributed by atoms with Crippen LogP contribution in [0.4, 0.5) is 14.5 Å². The van der Waals surface area contributed by atoms with Gasteiger partial charge in [0.2, 0.25) is 0 Å². The zero-order valence-electron chi connectivity index (χ0n) is 15.5. The first kappa shape index (κ1) is 20.9. The van der Waals surface area contributed by atoms with Crippen LogP contribution in [0, 0.1) is 11.6 Å². The molecular weight excluding hydrogens is 452 g/mol. The minimum absolute atomic E-state index is 0.0437. The second-order valence-electron chi connectivity index (χ2n) is 6.58. The van der Waals surface area contributed by atoms with Gasteiger partial charge in [-0.3, -0.25) is 24.2 Å². The molecular formula is C20H12ClF2N3O4S. The number of fused-ring (bicyclic) bond motifs is 1. The Morgan fingerprint density at radius 3 is 2.52 bits per heavy atom. The number of hydrogen-bond donors (Lipinski definition) is 1. The molecule has 0 saturated carbocycles. The zero-order valence-corrected chi connectivity index (χ0v) is 17.0. The summed E-state index contributed by atoms with van der Waals surface area (Å²) in [4.78, 5) is 29.3. The lowest BCUT2D eigenvalue weighted by Crippen LogP contribution is -2.30. The smallest absolute Gasteiger partial charge is 0.277 e. The average molecular weight is 464 g/mol. The molecule has 7 nitrogen and oxygen atoms in total. The van der Waals surface area contributed by atoms with E-state index in [-0.39, 0.29) is 21.8 Å². The van der Waals surface area contributed by atoms with E-state index in [1.54, 1.807) is 0 Å². The summed E-state index contributed by atoms with van der Waals surface area (Å²) in [6, 6.07) is 9.08. The molecule has 1 N–H and O–H groups in total. The van der Waals surface area contributed by atoms with Crippen molar-refractivity contribution in [2.24, 2.45) is 0 Å². The van der Waals surface area contributed by atoms with E-state index < -0.39 is 50.6 Å². The number of pyridine rings is 1. The number of carbonyl (C=O) groups excluding carboxylic acids is 2. The van der Waals surface area contributed by atoms with Crippen LogP contribution >= 0.6 is 11.6 Å². The number of sulfonamides is 1. The van der Waals surface area contributed by atoms with Crippen LogP contribution in [0.15, 0.2) is 59.6 Å². The van der Waals surface area contributed by atoms with Gasteiger partial charge in [0.15, 0.2) is 0 Å². The summed E-state index contributed by atoms with van der Waals surface area (Å²) in [5.41, 5.74) is -0.414. The first-order valence-corrected chi connectivity index (χ1v) is 10.6. The van der Waals surface area contributed by atoms with Gasteiger partial charge >= 0.3 is 0 Å². The van der Waals surface area contributed by atoms with E-state index in [1.807, 2.05) is 4.72 Å². The van der Waals surface area contributed by atoms with E-state index in [9.17, 15) is 26.8 Å². The van der Waals surface area contributed by atoms with Gasteiger partial charge in [-0.05, 0) is 48.0 Å². The van der Waals surface area contributed by atoms with E-state index in [2.05, 4.69) is 4.98 Å². The fourth-order valence-electron chi connectivity index (χ4n) is 3.11. The van der Waals surface area contributed by atoms with Crippen molar-refractivity contribution in [1.29, 1.82) is 0 Å². The Balaban J connectivity index is 1.70. The molecule has 0 fully saturated rings. The number of aromatic nitrogens is 1. The maximum Gasteiger partial charge on any atom is 0.280 e. The molecule has 0 unspecified atom stereocenters. The summed E-state index contributed by atoms with van der Waals surface area (Å²) in [5, 5.41) is 0.0612. The highest BCUT2D eigenvalue weighted by molar-refractivity contribution is 7.92. The first-order chi connectivity index (χ1) is 14.7. The fraction of sp³-hybridized carbons (Fsp3) is 0.0500. The number of benzene rings is 2. The number of nitrogens with zero attached hydrogens (tertiary/aromatic N) is 2. The lowest BCUT2D eigenvalue weighted by molar-refractivity contribution is 0.0639. The van der Waals surface area contributed by atoms with Gasteiger partial charge in [-0.1, -0.05) is 17.7 Å². The number of hydrogen-bond acceptors (Lipinski definition) is 5. The van der Waals surface area contributed by atoms with Crippen LogP contribution in [-0.2, 0) is 16.6 Å². The number of rotatable bonds is 5. The molecule has 0 bridgehead atoms. The number of carbonyl (C=O) groups is 2. The van der Waals surface area contributed by atoms with Crippen LogP contribution in [0.5, 0.6) is 0 Å². The van der Waals surface area contributed by atoms with E-state index in [1.165, 1.54) is 24.4 Å². The lowest BCUT2D eigenvalue weighted by Gasteiger charge is -2.17. The van der Waals surface area contributed by atoms with Crippen molar-refractivity contribution in [3.63, 3.8) is 0 Å². The lowest BCUT2D eigenvalue weighted by atomic mass is 10.2. The Hall–Kier alpha value is -3.37. The zero-order chi connectivity index (χ0) is 22.3. The second-order valence-corrected chi connectivity index (χ2v) is 8.66. The predicted molar refractivity (Wildman–Crippen MR) is 107 cm³/mol. The maximum absolute atomic E-state index is 14.1. The Morgan fingerprint density at radius 2 is 1.81 bits per heavy atom. The molecule has 158 valence electrons. The summed E-state index contributed by atoms with van der Waals surface area (Å²) in [5.74, 6) is -3.16. The van der Waals surface area contributed by atoms with Gasteiger partial charge in [0.25, 0.3) is 21.8 Å². The Labute approximate surface area is 180 Å². The minimum Gasteiger partial charge on any atom is -0.277 e. The molecule has 0 spiro atoms. The number of anilines is 1. The summed E-state index contributed by atoms with van der Waals surface area (Å²) >= 11 is 5.67. The van der Waals surface area contributed by atoms with E-state index >= 15 is 0 Å². The normalized spacial score (nSPS) is 13.5. The molecule has 0 aliphatic carbocycles. The van der Waals surface area contributed by atoms with Gasteiger partial charge in [0.1, 0.15) is 17.3 Å². The number of imide groups is 1. The van der Waals surface area contributed by atoms with Gasteiger partial charge in [0.05, 0.1) is 22.7 Å². The van der Waals surface area contributed by atoms with Crippen molar-refractivity contribution in [1.82, 2.24) is 9.88 Å². The molecule has 1 aliphatic heterocycles. The number of nitrogens with one attached hydrogen (secondary N) is 1. The summed E-state index contributed by atoms with van der Waals surface area (Å²) < 4.78 is 55.8. The van der Waals surface area contributed by atoms with Gasteiger partial charge in [-0.2, -0.15) is 0 Å². The molecule has 3 aromatic rings. The van der Waals surface area contributed by atoms with Crippen LogP contribution in [-0.4, -0.2) is 30.1 Å². The predicted octanol–water partition coefficient (Wildman–Crippen LogP) is 3.61. The third kappa shape index (κ3) is 3.87. The Morgan fingerprint density at radius 1 is 1.03 bits per heavy atom. The third-order valence-corrected chi connectivity index (χ3v) is 6.24. The van der Waals surface area contributed by atoms with Crippen LogP contribution < -0.4 is 4.72 Å². The molecule has 1 aliphatic rings. The molecule has 2 amide bonds. The molecule has 4 rings (SSSR count). The standard InChI is InChI=1S/C20H12ClF2N3O4S/c21-12-4-6-16(15(23)8-12)25-31(29,30)17-9-13(22)5-3-11(17)10-26-19(27)14-2-1-7-24-18(14)20(26)28/h1-9,25H,10H2. The molecule has 11 heteroatoms. The first-order valence-electron chi connectivity index (χ1n) is 8.75. The summed E-state index contributed by atoms with van der Waals surface area (Å²) in [6.07, 6.45) is 1.35. The van der Waals surface area contributed by atoms with Crippen molar-refractivity contribution in [2.75, 3.05) is 4.72 Å². The average Bonchev–Trinajstić information content (AvgIpc) is 2.96. The van der Waals surface area contributed by atoms with E-state index in [4.69, 9.17) is 11.6 Å². The monoisotopic (exact) mass is 463 g/mol. The van der Waals surface area contributed by atoms with Crippen molar-refractivity contribution >= 4 is 39.1 Å². The van der Waals surface area contributed by atoms with Gasteiger partial charge < -0.3 is 0 Å². The highest BCUT2D eigenvalue weighted by Gasteiger charge is 2.37. The summed E-state index contributed by atoms with van der Waals surface area (Å²) in [6.45, 7) is -0.451. The second kappa shape index (κ2) is 7.71. The fourth-order valence-corrected chi connectivity index (χ4v) is 4.58. The molecule has 0 radical (unpaired) electrons. The van der Waals surface area contributed by atoms with Gasteiger partial charge in [-0.15, -0.1) is 0 Å². The van der Waals surface area contributed by atoms with Crippen LogP contribution in [0.2, 0.25) is 5.02 Å². The van der Waals surface area contributed by atoms with Crippen LogP contribution in [0.1, 0.15) is 26.4 Å². The largest absolute Gasteiger partial charge is 0.280 e.